The highest BCUT2D eigenvalue weighted by Crippen LogP contribution is 2.21. The van der Waals surface area contributed by atoms with E-state index in [2.05, 4.69) is 32.8 Å². The summed E-state index contributed by atoms with van der Waals surface area (Å²) in [4.78, 5) is 7.87. The fourth-order valence-electron chi connectivity index (χ4n) is 1.52. The lowest BCUT2D eigenvalue weighted by Crippen LogP contribution is -2.03. The van der Waals surface area contributed by atoms with Crippen LogP contribution in [0.2, 0.25) is 0 Å². The highest BCUT2D eigenvalue weighted by atomic mass is 79.9. The molecule has 2 N–H and O–H groups in total. The zero-order valence-electron chi connectivity index (χ0n) is 10.3. The third-order valence-electron chi connectivity index (χ3n) is 2.47. The summed E-state index contributed by atoms with van der Waals surface area (Å²) in [6.07, 6.45) is 9.08. The smallest absolute Gasteiger partial charge is 0.232 e. The maximum atomic E-state index is 5.55. The zero-order valence-corrected chi connectivity index (χ0v) is 11.9. The van der Waals surface area contributed by atoms with Gasteiger partial charge in [0.2, 0.25) is 11.8 Å². The van der Waals surface area contributed by atoms with Crippen LogP contribution >= 0.6 is 15.9 Å². The molecule has 0 saturated carbocycles. The van der Waals surface area contributed by atoms with Crippen molar-refractivity contribution in [2.75, 3.05) is 12.3 Å². The SMILES string of the molecule is CCCCCCCCOc1nc(N)ncc1Br. The van der Waals surface area contributed by atoms with Crippen molar-refractivity contribution in [3.63, 3.8) is 0 Å². The molecule has 5 heteroatoms. The van der Waals surface area contributed by atoms with Crippen molar-refractivity contribution >= 4 is 21.9 Å². The number of nitrogens with zero attached hydrogens (tertiary/aromatic N) is 2. The Balaban J connectivity index is 2.15. The standard InChI is InChI=1S/C12H20BrN3O/c1-2-3-4-5-6-7-8-17-11-10(13)9-15-12(14)16-11/h9H,2-8H2,1H3,(H2,14,15,16). The van der Waals surface area contributed by atoms with Crippen molar-refractivity contribution in [1.29, 1.82) is 0 Å². The van der Waals surface area contributed by atoms with Crippen LogP contribution in [0.4, 0.5) is 5.95 Å². The third-order valence-corrected chi connectivity index (χ3v) is 3.01. The van der Waals surface area contributed by atoms with Crippen molar-refractivity contribution in [3.05, 3.63) is 10.7 Å². The molecule has 17 heavy (non-hydrogen) atoms. The summed E-state index contributed by atoms with van der Waals surface area (Å²) in [6, 6.07) is 0. The van der Waals surface area contributed by atoms with Crippen LogP contribution in [0.25, 0.3) is 0 Å². The van der Waals surface area contributed by atoms with Crippen LogP contribution in [0.3, 0.4) is 0 Å². The number of nitrogens with two attached hydrogens (primary N) is 1. The summed E-state index contributed by atoms with van der Waals surface area (Å²) in [6.45, 7) is 2.90. The second-order valence-corrected chi connectivity index (χ2v) is 4.85. The molecule has 1 aromatic heterocycles. The van der Waals surface area contributed by atoms with Gasteiger partial charge in [-0.3, -0.25) is 0 Å². The van der Waals surface area contributed by atoms with E-state index in [-0.39, 0.29) is 5.95 Å². The van der Waals surface area contributed by atoms with Crippen molar-refractivity contribution in [1.82, 2.24) is 9.97 Å². The lowest BCUT2D eigenvalue weighted by atomic mass is 10.1. The van der Waals surface area contributed by atoms with E-state index in [1.54, 1.807) is 6.20 Å². The first-order valence-electron chi connectivity index (χ1n) is 6.15. The molecule has 0 radical (unpaired) electrons. The van der Waals surface area contributed by atoms with E-state index in [0.29, 0.717) is 12.5 Å². The van der Waals surface area contributed by atoms with Gasteiger partial charge in [-0.15, -0.1) is 0 Å². The first kappa shape index (κ1) is 14.2. The summed E-state index contributed by atoms with van der Waals surface area (Å²) in [7, 11) is 0. The van der Waals surface area contributed by atoms with E-state index in [1.165, 1.54) is 32.1 Å². The second kappa shape index (κ2) is 8.28. The minimum absolute atomic E-state index is 0.242. The molecule has 0 aliphatic rings. The molecule has 0 unspecified atom stereocenters. The van der Waals surface area contributed by atoms with E-state index >= 15 is 0 Å². The highest BCUT2D eigenvalue weighted by molar-refractivity contribution is 9.10. The van der Waals surface area contributed by atoms with Crippen LogP contribution in [-0.2, 0) is 0 Å². The quantitative estimate of drug-likeness (QED) is 0.746. The summed E-state index contributed by atoms with van der Waals surface area (Å²) >= 11 is 3.33. The number of hydrogen-bond acceptors (Lipinski definition) is 4. The van der Waals surface area contributed by atoms with Crippen molar-refractivity contribution < 1.29 is 4.74 Å². The second-order valence-electron chi connectivity index (χ2n) is 4.00. The summed E-state index contributed by atoms with van der Waals surface area (Å²) in [5.41, 5.74) is 5.49. The Bertz CT molecular complexity index is 334. The number of ether oxygens (including phenoxy) is 1. The molecule has 0 bridgehead atoms. The third kappa shape index (κ3) is 5.86. The Morgan fingerprint density at radius 2 is 1.94 bits per heavy atom. The topological polar surface area (TPSA) is 61.0 Å². The molecule has 1 heterocycles. The van der Waals surface area contributed by atoms with Crippen LogP contribution in [0.5, 0.6) is 5.88 Å². The maximum Gasteiger partial charge on any atom is 0.232 e. The van der Waals surface area contributed by atoms with Crippen LogP contribution in [-0.4, -0.2) is 16.6 Å². The predicted octanol–water partition coefficient (Wildman–Crippen LogP) is 3.56. The first-order valence-corrected chi connectivity index (χ1v) is 6.94. The molecule has 0 spiro atoms. The van der Waals surface area contributed by atoms with E-state index in [1.807, 2.05) is 0 Å². The number of rotatable bonds is 8. The van der Waals surface area contributed by atoms with E-state index in [0.717, 1.165) is 10.9 Å². The lowest BCUT2D eigenvalue weighted by molar-refractivity contribution is 0.291. The molecule has 1 rings (SSSR count). The number of nitrogen functional groups attached to an aromatic ring is 1. The van der Waals surface area contributed by atoms with Gasteiger partial charge >= 0.3 is 0 Å². The molecule has 0 saturated heterocycles. The van der Waals surface area contributed by atoms with Crippen molar-refractivity contribution in [2.45, 2.75) is 45.4 Å². The van der Waals surface area contributed by atoms with Gasteiger partial charge in [-0.2, -0.15) is 4.98 Å². The predicted molar refractivity (Wildman–Crippen MR) is 73.0 cm³/mol. The minimum atomic E-state index is 0.242. The van der Waals surface area contributed by atoms with Gasteiger partial charge in [-0.1, -0.05) is 39.0 Å². The Kier molecular flexibility index (Phi) is 6.93. The fourth-order valence-corrected chi connectivity index (χ4v) is 1.82. The zero-order chi connectivity index (χ0) is 12.5. The van der Waals surface area contributed by atoms with E-state index in [4.69, 9.17) is 10.5 Å². The molecule has 0 amide bonds. The molecular formula is C12H20BrN3O. The van der Waals surface area contributed by atoms with Gasteiger partial charge in [0.1, 0.15) is 0 Å². The molecule has 4 nitrogen and oxygen atoms in total. The molecule has 0 aliphatic heterocycles. The lowest BCUT2D eigenvalue weighted by Gasteiger charge is -2.06. The van der Waals surface area contributed by atoms with E-state index < -0.39 is 0 Å². The molecule has 1 aromatic rings. The van der Waals surface area contributed by atoms with E-state index in [9.17, 15) is 0 Å². The van der Waals surface area contributed by atoms with Gasteiger partial charge in [0.25, 0.3) is 0 Å². The van der Waals surface area contributed by atoms with Crippen LogP contribution in [0.15, 0.2) is 10.7 Å². The van der Waals surface area contributed by atoms with Gasteiger partial charge < -0.3 is 10.5 Å². The number of anilines is 1. The van der Waals surface area contributed by atoms with Gasteiger partial charge in [0.05, 0.1) is 17.3 Å². The molecule has 0 fully saturated rings. The molecule has 96 valence electrons. The van der Waals surface area contributed by atoms with Gasteiger partial charge in [0, 0.05) is 0 Å². The maximum absolute atomic E-state index is 5.55. The fraction of sp³-hybridized carbons (Fsp3) is 0.667. The summed E-state index contributed by atoms with van der Waals surface area (Å²) < 4.78 is 6.29. The number of unbranched alkanes of at least 4 members (excludes halogenated alkanes) is 5. The monoisotopic (exact) mass is 301 g/mol. The van der Waals surface area contributed by atoms with Crippen LogP contribution in [0.1, 0.15) is 45.4 Å². The largest absolute Gasteiger partial charge is 0.477 e. The van der Waals surface area contributed by atoms with Gasteiger partial charge in [-0.05, 0) is 22.4 Å². The van der Waals surface area contributed by atoms with Crippen molar-refractivity contribution in [2.24, 2.45) is 0 Å². The normalized spacial score (nSPS) is 10.5. The Labute approximate surface area is 111 Å². The molecule has 0 aliphatic carbocycles. The first-order chi connectivity index (χ1) is 8.24. The Morgan fingerprint density at radius 1 is 1.24 bits per heavy atom. The van der Waals surface area contributed by atoms with Gasteiger partial charge in [0.15, 0.2) is 0 Å². The molecule has 0 atom stereocenters. The summed E-state index contributed by atoms with van der Waals surface area (Å²) in [5.74, 6) is 0.775. The summed E-state index contributed by atoms with van der Waals surface area (Å²) in [5, 5.41) is 0. The number of aromatic nitrogens is 2. The number of hydrogen-bond donors (Lipinski definition) is 1. The molecule has 0 aromatic carbocycles. The number of halogens is 1. The van der Waals surface area contributed by atoms with Gasteiger partial charge in [-0.25, -0.2) is 4.98 Å². The minimum Gasteiger partial charge on any atom is -0.477 e. The Hall–Kier alpha value is -0.840. The highest BCUT2D eigenvalue weighted by Gasteiger charge is 2.03. The average Bonchev–Trinajstić information content (AvgIpc) is 2.32. The van der Waals surface area contributed by atoms with Crippen molar-refractivity contribution in [3.8, 4) is 5.88 Å². The molecular weight excluding hydrogens is 282 g/mol. The Morgan fingerprint density at radius 3 is 2.71 bits per heavy atom. The van der Waals surface area contributed by atoms with Crippen LogP contribution < -0.4 is 10.5 Å². The average molecular weight is 302 g/mol. The van der Waals surface area contributed by atoms with Crippen LogP contribution in [0, 0.1) is 0 Å².